The summed E-state index contributed by atoms with van der Waals surface area (Å²) in [5.41, 5.74) is 8.99. The summed E-state index contributed by atoms with van der Waals surface area (Å²) < 4.78 is 15.5. The summed E-state index contributed by atoms with van der Waals surface area (Å²) in [7, 11) is 0. The summed E-state index contributed by atoms with van der Waals surface area (Å²) in [4.78, 5) is 36.3. The van der Waals surface area contributed by atoms with Gasteiger partial charge < -0.3 is 19.7 Å². The second-order valence-electron chi connectivity index (χ2n) is 16.7. The number of benzene rings is 6. The second kappa shape index (κ2) is 16.3. The van der Waals surface area contributed by atoms with E-state index in [1.165, 1.54) is 0 Å². The number of thiophene rings is 2. The molecule has 0 unspecified atom stereocenters. The molecule has 0 saturated carbocycles. The summed E-state index contributed by atoms with van der Waals surface area (Å²) in [6, 6.07) is 42.9. The van der Waals surface area contributed by atoms with Crippen molar-refractivity contribution in [2.75, 3.05) is 0 Å². The number of rotatable bonds is 11. The van der Waals surface area contributed by atoms with Gasteiger partial charge in [-0.3, -0.25) is 0 Å². The topological polar surface area (TPSA) is 119 Å². The molecule has 0 saturated heterocycles. The minimum absolute atomic E-state index is 0.112. The van der Waals surface area contributed by atoms with Crippen LogP contribution in [0.25, 0.3) is 75.6 Å². The summed E-state index contributed by atoms with van der Waals surface area (Å²) >= 11 is 3.18. The Morgan fingerprint density at radius 2 is 1.15 bits per heavy atom. The van der Waals surface area contributed by atoms with E-state index in [9.17, 15) is 19.8 Å². The highest BCUT2D eigenvalue weighted by atomic mass is 32.1. The molecule has 10 heteroatoms. The van der Waals surface area contributed by atoms with E-state index in [2.05, 4.69) is 18.2 Å². The fourth-order valence-corrected chi connectivity index (χ4v) is 10.9. The molecule has 0 aliphatic rings. The zero-order valence-electron chi connectivity index (χ0n) is 36.2. The number of aryl methyl sites for hydroxylation is 2. The fourth-order valence-electron chi connectivity index (χ4n) is 8.85. The Labute approximate surface area is 383 Å². The lowest BCUT2D eigenvalue weighted by Gasteiger charge is -2.28. The third kappa shape index (κ3) is 7.34. The number of carbonyl (C=O) groups is 2. The molecule has 2 N–H and O–H groups in total. The molecule has 65 heavy (non-hydrogen) atoms. The standard InChI is InChI=1S/C55H42N2O6S2/c1-30-22-24-45(48-39(53(58)59)26-43(56-50(30)48)41-28-64-47-21-12-11-18-36(41)47)62-32(3)34-16-9-10-17-35(34)37-19-13-20-38-42(29-65-52(37)38)44-27-40(54(60)61)49-46(25-23-31(2)51(49)57-44)63-55(4,5)33-14-7-6-8-15-33/h6-29,32H,1-5H3,(H,58,59)(H,60,61)/t32-/m0/s1. The van der Waals surface area contributed by atoms with Gasteiger partial charge in [0.25, 0.3) is 0 Å². The zero-order chi connectivity index (χ0) is 45.1. The summed E-state index contributed by atoms with van der Waals surface area (Å²) in [6.07, 6.45) is -0.500. The largest absolute Gasteiger partial charge is 0.485 e. The van der Waals surface area contributed by atoms with E-state index >= 15 is 0 Å². The van der Waals surface area contributed by atoms with Gasteiger partial charge in [-0.1, -0.05) is 103 Å². The lowest BCUT2D eigenvalue weighted by atomic mass is 9.94. The maximum Gasteiger partial charge on any atom is 0.336 e. The van der Waals surface area contributed by atoms with Gasteiger partial charge in [0.1, 0.15) is 23.2 Å². The molecule has 0 radical (unpaired) electrons. The van der Waals surface area contributed by atoms with Gasteiger partial charge in [0, 0.05) is 42.1 Å². The maximum atomic E-state index is 13.1. The molecule has 0 aliphatic heterocycles. The minimum Gasteiger partial charge on any atom is -0.485 e. The zero-order valence-corrected chi connectivity index (χ0v) is 37.8. The number of nitrogens with zero attached hydrogens (tertiary/aromatic N) is 2. The highest BCUT2D eigenvalue weighted by molar-refractivity contribution is 7.18. The van der Waals surface area contributed by atoms with Gasteiger partial charge >= 0.3 is 11.9 Å². The molecule has 10 aromatic rings. The van der Waals surface area contributed by atoms with Crippen LogP contribution >= 0.6 is 22.7 Å². The van der Waals surface area contributed by atoms with Gasteiger partial charge in [-0.2, -0.15) is 0 Å². The van der Waals surface area contributed by atoms with Crippen molar-refractivity contribution in [3.63, 3.8) is 0 Å². The highest BCUT2D eigenvalue weighted by Gasteiger charge is 2.28. The van der Waals surface area contributed by atoms with Crippen molar-refractivity contribution in [3.05, 3.63) is 178 Å². The van der Waals surface area contributed by atoms with Crippen LogP contribution in [0.4, 0.5) is 0 Å². The number of hydrogen-bond donors (Lipinski definition) is 2. The average Bonchev–Trinajstić information content (AvgIpc) is 3.96. The first-order valence-electron chi connectivity index (χ1n) is 21.2. The first-order valence-corrected chi connectivity index (χ1v) is 23.0. The molecular weight excluding hydrogens is 849 g/mol. The second-order valence-corrected chi connectivity index (χ2v) is 18.5. The van der Waals surface area contributed by atoms with Crippen molar-refractivity contribution in [1.29, 1.82) is 0 Å². The van der Waals surface area contributed by atoms with Crippen molar-refractivity contribution in [3.8, 4) is 45.1 Å². The number of pyridine rings is 2. The Balaban J connectivity index is 1.03. The van der Waals surface area contributed by atoms with E-state index < -0.39 is 23.6 Å². The van der Waals surface area contributed by atoms with E-state index in [1.807, 2.05) is 149 Å². The third-order valence-electron chi connectivity index (χ3n) is 12.2. The van der Waals surface area contributed by atoms with E-state index in [1.54, 1.807) is 34.8 Å². The van der Waals surface area contributed by atoms with Crippen molar-refractivity contribution in [2.45, 2.75) is 46.3 Å². The smallest absolute Gasteiger partial charge is 0.336 e. The molecule has 1 atom stereocenters. The Hall–Kier alpha value is -7.40. The molecule has 4 heterocycles. The van der Waals surface area contributed by atoms with Gasteiger partial charge in [0.15, 0.2) is 0 Å². The van der Waals surface area contributed by atoms with Gasteiger partial charge in [-0.15, -0.1) is 22.7 Å². The number of fused-ring (bicyclic) bond motifs is 4. The quantitative estimate of drug-likeness (QED) is 0.132. The van der Waals surface area contributed by atoms with Crippen LogP contribution in [0, 0.1) is 13.8 Å². The third-order valence-corrected chi connectivity index (χ3v) is 14.2. The average molecular weight is 891 g/mol. The molecule has 0 aliphatic carbocycles. The molecule has 0 amide bonds. The molecule has 6 aromatic carbocycles. The van der Waals surface area contributed by atoms with Crippen LogP contribution in [0.5, 0.6) is 11.5 Å². The van der Waals surface area contributed by atoms with Gasteiger partial charge in [0.05, 0.1) is 44.3 Å². The number of hydrogen-bond acceptors (Lipinski definition) is 8. The number of aromatic nitrogens is 2. The van der Waals surface area contributed by atoms with Crippen LogP contribution in [0.15, 0.2) is 144 Å². The van der Waals surface area contributed by atoms with E-state index in [0.717, 1.165) is 64.7 Å². The summed E-state index contributed by atoms with van der Waals surface area (Å²) in [5.74, 6) is -1.25. The van der Waals surface area contributed by atoms with Crippen LogP contribution in [0.1, 0.15) is 69.8 Å². The van der Waals surface area contributed by atoms with E-state index in [0.29, 0.717) is 44.7 Å². The maximum absolute atomic E-state index is 13.1. The lowest BCUT2D eigenvalue weighted by Crippen LogP contribution is -2.25. The fraction of sp³-hybridized carbons (Fsp3) is 0.127. The predicted octanol–water partition coefficient (Wildman–Crippen LogP) is 14.7. The number of ether oxygens (including phenoxy) is 2. The van der Waals surface area contributed by atoms with Gasteiger partial charge in [0.2, 0.25) is 0 Å². The van der Waals surface area contributed by atoms with Crippen LogP contribution < -0.4 is 9.47 Å². The predicted molar refractivity (Wildman–Crippen MR) is 263 cm³/mol. The summed E-state index contributed by atoms with van der Waals surface area (Å²) in [6.45, 7) is 9.78. The molecule has 4 aromatic heterocycles. The summed E-state index contributed by atoms with van der Waals surface area (Å²) in [5, 5.41) is 28.3. The molecule has 0 fully saturated rings. The SMILES string of the molecule is Cc1ccc(O[C@@H](C)c2ccccc2-c2cccc3c(-c4cc(C(=O)O)c5c(OC(C)(C)c6ccccc6)ccc(C)c5n4)csc23)c2c(C(=O)O)cc(-c3csc4ccccc34)nc12. The first kappa shape index (κ1) is 41.6. The minimum atomic E-state index is -1.07. The Morgan fingerprint density at radius 3 is 1.85 bits per heavy atom. The Kier molecular flexibility index (Phi) is 10.4. The number of carboxylic acids is 2. The van der Waals surface area contributed by atoms with Crippen molar-refractivity contribution in [2.24, 2.45) is 0 Å². The van der Waals surface area contributed by atoms with Crippen LogP contribution in [0.3, 0.4) is 0 Å². The lowest BCUT2D eigenvalue weighted by molar-refractivity contribution is 0.0687. The van der Waals surface area contributed by atoms with Crippen molar-refractivity contribution < 1.29 is 29.3 Å². The van der Waals surface area contributed by atoms with Gasteiger partial charge in [-0.25, -0.2) is 19.6 Å². The van der Waals surface area contributed by atoms with Crippen molar-refractivity contribution >= 4 is 76.6 Å². The van der Waals surface area contributed by atoms with Crippen LogP contribution in [-0.2, 0) is 5.60 Å². The van der Waals surface area contributed by atoms with Crippen LogP contribution in [-0.4, -0.2) is 32.1 Å². The molecule has 8 nitrogen and oxygen atoms in total. The van der Waals surface area contributed by atoms with E-state index in [4.69, 9.17) is 19.4 Å². The van der Waals surface area contributed by atoms with Gasteiger partial charge in [-0.05, 0) is 98.3 Å². The van der Waals surface area contributed by atoms with Crippen molar-refractivity contribution in [1.82, 2.24) is 9.97 Å². The molecular formula is C55H42N2O6S2. The Morgan fingerprint density at radius 1 is 0.600 bits per heavy atom. The monoisotopic (exact) mass is 890 g/mol. The Bertz CT molecular complexity index is 3540. The molecule has 0 spiro atoms. The number of aromatic carboxylic acids is 2. The van der Waals surface area contributed by atoms with Crippen LogP contribution in [0.2, 0.25) is 0 Å². The first-order chi connectivity index (χ1) is 31.4. The number of carboxylic acid groups (broad SMARTS) is 2. The molecule has 0 bridgehead atoms. The van der Waals surface area contributed by atoms with E-state index in [-0.39, 0.29) is 11.1 Å². The molecule has 320 valence electrons. The normalized spacial score (nSPS) is 12.3. The highest BCUT2D eigenvalue weighted by Crippen LogP contribution is 2.45. The molecule has 10 rings (SSSR count).